The number of likely N-dealkylation sites (N-methyl/N-ethyl adjacent to an activating group) is 1. The zero-order valence-electron chi connectivity index (χ0n) is 21.0. The molecule has 1 aliphatic rings. The number of benzene rings is 3. The Morgan fingerprint density at radius 2 is 1.97 bits per heavy atom. The van der Waals surface area contributed by atoms with Gasteiger partial charge in [-0.3, -0.25) is 9.59 Å². The van der Waals surface area contributed by atoms with E-state index in [4.69, 9.17) is 20.8 Å². The molecule has 0 atom stereocenters. The monoisotopic (exact) mass is 528 g/mol. The fourth-order valence-corrected chi connectivity index (χ4v) is 4.62. The zero-order valence-corrected chi connectivity index (χ0v) is 21.7. The fourth-order valence-electron chi connectivity index (χ4n) is 4.43. The molecular formula is C29H25ClN4O4. The standard InChI is InChI=1S/C29H25ClN4O4/c1-17-31-25-11-8-21(13-26(25)38-17)33(2)27(35)15-34-29(36)24-14-22(37-16-18-6-7-18)9-10-23(24)28(32-34)19-4-3-5-20(30)12-19/h3-5,8-14,18H,6-7,15-16H2,1-2H3. The summed E-state index contributed by atoms with van der Waals surface area (Å²) < 4.78 is 12.7. The van der Waals surface area contributed by atoms with Crippen LogP contribution < -0.4 is 15.2 Å². The molecule has 2 heterocycles. The van der Waals surface area contributed by atoms with E-state index in [0.717, 1.165) is 5.56 Å². The van der Waals surface area contributed by atoms with Crippen LogP contribution in [0.4, 0.5) is 5.69 Å². The molecular weight excluding hydrogens is 504 g/mol. The molecule has 0 radical (unpaired) electrons. The van der Waals surface area contributed by atoms with Gasteiger partial charge in [0.15, 0.2) is 11.5 Å². The van der Waals surface area contributed by atoms with Gasteiger partial charge in [0, 0.05) is 41.7 Å². The van der Waals surface area contributed by atoms with E-state index in [9.17, 15) is 9.59 Å². The van der Waals surface area contributed by atoms with E-state index in [1.165, 1.54) is 22.4 Å². The number of aryl methyl sites for hydroxylation is 1. The second-order valence-electron chi connectivity index (χ2n) is 9.62. The third kappa shape index (κ3) is 4.75. The second kappa shape index (κ2) is 9.61. The Hall–Kier alpha value is -4.17. The number of carbonyl (C=O) groups is 1. The van der Waals surface area contributed by atoms with Crippen LogP contribution in [0.5, 0.6) is 5.75 Å². The van der Waals surface area contributed by atoms with Crippen LogP contribution in [0.3, 0.4) is 0 Å². The Balaban J connectivity index is 1.38. The third-order valence-electron chi connectivity index (χ3n) is 6.74. The number of rotatable bonds is 7. The maximum atomic E-state index is 13.6. The number of amides is 1. The van der Waals surface area contributed by atoms with Crippen molar-refractivity contribution in [1.29, 1.82) is 0 Å². The van der Waals surface area contributed by atoms with Gasteiger partial charge < -0.3 is 14.1 Å². The average molecular weight is 529 g/mol. The molecule has 3 aromatic carbocycles. The maximum Gasteiger partial charge on any atom is 0.275 e. The largest absolute Gasteiger partial charge is 0.493 e. The van der Waals surface area contributed by atoms with E-state index < -0.39 is 0 Å². The SMILES string of the molecule is Cc1nc2ccc(N(C)C(=O)Cn3nc(-c4cccc(Cl)c4)c4ccc(OCC5CC5)cc4c3=O)cc2o1. The Morgan fingerprint density at radius 3 is 2.76 bits per heavy atom. The normalized spacial score (nSPS) is 13.2. The number of nitrogens with zero attached hydrogens (tertiary/aromatic N) is 4. The molecule has 0 aliphatic heterocycles. The van der Waals surface area contributed by atoms with E-state index >= 15 is 0 Å². The number of aromatic nitrogens is 3. The van der Waals surface area contributed by atoms with Crippen molar-refractivity contribution in [3.8, 4) is 17.0 Å². The lowest BCUT2D eigenvalue weighted by atomic mass is 10.0. The lowest BCUT2D eigenvalue weighted by molar-refractivity contribution is -0.119. The Morgan fingerprint density at radius 1 is 1.13 bits per heavy atom. The predicted molar refractivity (Wildman–Crippen MR) is 147 cm³/mol. The van der Waals surface area contributed by atoms with Gasteiger partial charge in [-0.05, 0) is 61.2 Å². The van der Waals surface area contributed by atoms with Crippen molar-refractivity contribution < 1.29 is 13.9 Å². The van der Waals surface area contributed by atoms with Crippen LogP contribution in [0.2, 0.25) is 5.02 Å². The second-order valence-corrected chi connectivity index (χ2v) is 10.1. The fraction of sp³-hybridized carbons (Fsp3) is 0.241. The smallest absolute Gasteiger partial charge is 0.275 e. The molecule has 0 N–H and O–H groups in total. The quantitative estimate of drug-likeness (QED) is 0.272. The predicted octanol–water partition coefficient (Wildman–Crippen LogP) is 5.62. The van der Waals surface area contributed by atoms with Crippen LogP contribution in [0.1, 0.15) is 18.7 Å². The molecule has 192 valence electrons. The van der Waals surface area contributed by atoms with Gasteiger partial charge in [-0.1, -0.05) is 23.7 Å². The summed E-state index contributed by atoms with van der Waals surface area (Å²) in [6.45, 7) is 2.15. The van der Waals surface area contributed by atoms with Gasteiger partial charge in [-0.15, -0.1) is 0 Å². The number of hydrogen-bond donors (Lipinski definition) is 0. The number of hydrogen-bond acceptors (Lipinski definition) is 6. The molecule has 1 amide bonds. The van der Waals surface area contributed by atoms with Crippen molar-refractivity contribution in [2.24, 2.45) is 5.92 Å². The van der Waals surface area contributed by atoms with Crippen molar-refractivity contribution in [1.82, 2.24) is 14.8 Å². The summed E-state index contributed by atoms with van der Waals surface area (Å²) in [6, 6.07) is 18.0. The number of oxazole rings is 1. The molecule has 0 bridgehead atoms. The number of fused-ring (bicyclic) bond motifs is 2. The van der Waals surface area contributed by atoms with E-state index in [2.05, 4.69) is 10.1 Å². The third-order valence-corrected chi connectivity index (χ3v) is 6.97. The van der Waals surface area contributed by atoms with E-state index in [-0.39, 0.29) is 18.0 Å². The van der Waals surface area contributed by atoms with Crippen molar-refractivity contribution in [3.05, 3.63) is 81.9 Å². The number of carbonyl (C=O) groups excluding carboxylic acids is 1. The van der Waals surface area contributed by atoms with Gasteiger partial charge >= 0.3 is 0 Å². The Labute approximate surface area is 223 Å². The highest BCUT2D eigenvalue weighted by atomic mass is 35.5. The highest BCUT2D eigenvalue weighted by Gasteiger charge is 2.23. The zero-order chi connectivity index (χ0) is 26.4. The molecule has 6 rings (SSSR count). The van der Waals surface area contributed by atoms with Gasteiger partial charge in [0.25, 0.3) is 5.56 Å². The molecule has 0 saturated heterocycles. The van der Waals surface area contributed by atoms with Gasteiger partial charge in [0.1, 0.15) is 17.8 Å². The van der Waals surface area contributed by atoms with Crippen LogP contribution in [0.15, 0.2) is 69.9 Å². The molecule has 8 nitrogen and oxygen atoms in total. The first kappa shape index (κ1) is 24.2. The van der Waals surface area contributed by atoms with Crippen LogP contribution in [-0.2, 0) is 11.3 Å². The minimum atomic E-state index is -0.370. The molecule has 1 saturated carbocycles. The molecule has 0 spiro atoms. The first-order chi connectivity index (χ1) is 18.4. The molecule has 9 heteroatoms. The summed E-state index contributed by atoms with van der Waals surface area (Å²) in [5.41, 5.74) is 2.86. The Bertz CT molecular complexity index is 1760. The van der Waals surface area contributed by atoms with Crippen LogP contribution in [0.25, 0.3) is 33.1 Å². The summed E-state index contributed by atoms with van der Waals surface area (Å²) in [7, 11) is 1.65. The first-order valence-electron chi connectivity index (χ1n) is 12.4. The molecule has 5 aromatic rings. The van der Waals surface area contributed by atoms with Crippen LogP contribution >= 0.6 is 11.6 Å². The molecule has 1 fully saturated rings. The summed E-state index contributed by atoms with van der Waals surface area (Å²) in [5.74, 6) is 1.44. The summed E-state index contributed by atoms with van der Waals surface area (Å²) in [6.07, 6.45) is 2.34. The number of ether oxygens (including phenoxy) is 1. The summed E-state index contributed by atoms with van der Waals surface area (Å²) in [5, 5.41) is 6.27. The maximum absolute atomic E-state index is 13.6. The van der Waals surface area contributed by atoms with E-state index in [1.807, 2.05) is 24.3 Å². The average Bonchev–Trinajstić information content (AvgIpc) is 3.67. The van der Waals surface area contributed by atoms with Gasteiger partial charge in [-0.2, -0.15) is 5.10 Å². The van der Waals surface area contributed by atoms with E-state index in [0.29, 0.717) is 62.4 Å². The number of anilines is 1. The highest BCUT2D eigenvalue weighted by molar-refractivity contribution is 6.30. The Kier molecular flexibility index (Phi) is 6.12. The lowest BCUT2D eigenvalue weighted by Crippen LogP contribution is -2.35. The minimum Gasteiger partial charge on any atom is -0.493 e. The topological polar surface area (TPSA) is 90.5 Å². The molecule has 38 heavy (non-hydrogen) atoms. The first-order valence-corrected chi connectivity index (χ1v) is 12.8. The van der Waals surface area contributed by atoms with Crippen molar-refractivity contribution in [3.63, 3.8) is 0 Å². The molecule has 2 aromatic heterocycles. The minimum absolute atomic E-state index is 0.251. The number of halogens is 1. The van der Waals surface area contributed by atoms with Crippen molar-refractivity contribution >= 4 is 45.1 Å². The van der Waals surface area contributed by atoms with Gasteiger partial charge in [-0.25, -0.2) is 9.67 Å². The summed E-state index contributed by atoms with van der Waals surface area (Å²) >= 11 is 6.27. The molecule has 1 aliphatic carbocycles. The van der Waals surface area contributed by atoms with Gasteiger partial charge in [0.2, 0.25) is 5.91 Å². The summed E-state index contributed by atoms with van der Waals surface area (Å²) in [4.78, 5) is 32.7. The van der Waals surface area contributed by atoms with Gasteiger partial charge in [0.05, 0.1) is 17.7 Å². The van der Waals surface area contributed by atoms with Crippen molar-refractivity contribution in [2.75, 3.05) is 18.6 Å². The van der Waals surface area contributed by atoms with E-state index in [1.54, 1.807) is 50.4 Å². The highest BCUT2D eigenvalue weighted by Crippen LogP contribution is 2.32. The van der Waals surface area contributed by atoms with Crippen LogP contribution in [-0.4, -0.2) is 34.3 Å². The van der Waals surface area contributed by atoms with Crippen LogP contribution in [0, 0.1) is 12.8 Å². The molecule has 0 unspecified atom stereocenters. The lowest BCUT2D eigenvalue weighted by Gasteiger charge is -2.18. The van der Waals surface area contributed by atoms with Crippen molar-refractivity contribution in [2.45, 2.75) is 26.3 Å².